The first kappa shape index (κ1) is 12.4. The summed E-state index contributed by atoms with van der Waals surface area (Å²) in [6, 6.07) is 7.77. The van der Waals surface area contributed by atoms with Crippen LogP contribution >= 0.6 is 0 Å². The lowest BCUT2D eigenvalue weighted by atomic mass is 10.1. The molecule has 0 aliphatic carbocycles. The van der Waals surface area contributed by atoms with E-state index in [0.29, 0.717) is 0 Å². The van der Waals surface area contributed by atoms with Crippen molar-refractivity contribution >= 4 is 11.7 Å². The summed E-state index contributed by atoms with van der Waals surface area (Å²) in [6.07, 6.45) is 8.15. The minimum absolute atomic E-state index is 0.200. The Morgan fingerprint density at radius 3 is 2.72 bits per heavy atom. The smallest absolute Gasteiger partial charge is 0.307 e. The van der Waals surface area contributed by atoms with Crippen molar-refractivity contribution in [1.29, 1.82) is 0 Å². The number of benzene rings is 1. The van der Waals surface area contributed by atoms with Gasteiger partial charge in [-0.2, -0.15) is 0 Å². The van der Waals surface area contributed by atoms with Crippen molar-refractivity contribution in [1.82, 2.24) is 9.55 Å². The van der Waals surface area contributed by atoms with Crippen LogP contribution in [0.4, 0.5) is 10.5 Å². The number of hydrogen-bond acceptors (Lipinski definition) is 2. The Kier molecular flexibility index (Phi) is 4.12. The Bertz CT molecular complexity index is 488. The highest BCUT2D eigenvalue weighted by Crippen LogP contribution is 2.12. The van der Waals surface area contributed by atoms with E-state index in [4.69, 9.17) is 0 Å². The van der Waals surface area contributed by atoms with E-state index < -0.39 is 0 Å². The second kappa shape index (κ2) is 6.00. The van der Waals surface area contributed by atoms with Crippen LogP contribution in [0, 0.1) is 0 Å². The molecule has 1 heterocycles. The standard InChI is InChI=1S/C14H17N3O/c1-2-3-4-12-5-7-13(8-6-12)16-14(18)17-10-9-15-11-17/h5-11H,2-4H2,1H3,(H,16,18). The number of imidazole rings is 1. The maximum Gasteiger partial charge on any atom is 0.331 e. The maximum atomic E-state index is 11.7. The number of amides is 1. The van der Waals surface area contributed by atoms with E-state index in [9.17, 15) is 4.79 Å². The van der Waals surface area contributed by atoms with E-state index in [1.54, 1.807) is 12.4 Å². The van der Waals surface area contributed by atoms with Gasteiger partial charge < -0.3 is 5.32 Å². The summed E-state index contributed by atoms with van der Waals surface area (Å²) in [5, 5.41) is 2.81. The van der Waals surface area contributed by atoms with Crippen molar-refractivity contribution in [3.63, 3.8) is 0 Å². The lowest BCUT2D eigenvalue weighted by Crippen LogP contribution is -2.17. The topological polar surface area (TPSA) is 46.9 Å². The zero-order valence-corrected chi connectivity index (χ0v) is 10.5. The molecule has 0 spiro atoms. The highest BCUT2D eigenvalue weighted by Gasteiger charge is 2.03. The molecule has 2 rings (SSSR count). The van der Waals surface area contributed by atoms with Crippen LogP contribution in [0.15, 0.2) is 43.0 Å². The number of nitrogens with zero attached hydrogens (tertiary/aromatic N) is 2. The van der Waals surface area contributed by atoms with E-state index in [-0.39, 0.29) is 6.03 Å². The largest absolute Gasteiger partial charge is 0.331 e. The number of unbranched alkanes of at least 4 members (excludes halogenated alkanes) is 1. The number of nitrogens with one attached hydrogen (secondary N) is 1. The van der Waals surface area contributed by atoms with E-state index >= 15 is 0 Å². The van der Waals surface area contributed by atoms with Crippen LogP contribution in [0.2, 0.25) is 0 Å². The number of aryl methyl sites for hydroxylation is 1. The molecule has 1 aromatic heterocycles. The SMILES string of the molecule is CCCCc1ccc(NC(=O)n2ccnc2)cc1. The predicted molar refractivity (Wildman–Crippen MR) is 71.7 cm³/mol. The van der Waals surface area contributed by atoms with E-state index in [2.05, 4.69) is 29.4 Å². The van der Waals surface area contributed by atoms with Gasteiger partial charge in [0.25, 0.3) is 0 Å². The van der Waals surface area contributed by atoms with Crippen LogP contribution in [0.25, 0.3) is 0 Å². The van der Waals surface area contributed by atoms with Crippen molar-refractivity contribution in [2.75, 3.05) is 5.32 Å². The van der Waals surface area contributed by atoms with Gasteiger partial charge in [0.05, 0.1) is 0 Å². The van der Waals surface area contributed by atoms with Gasteiger partial charge in [-0.3, -0.25) is 4.57 Å². The fourth-order valence-corrected chi connectivity index (χ4v) is 1.70. The lowest BCUT2D eigenvalue weighted by Gasteiger charge is -2.06. The van der Waals surface area contributed by atoms with Gasteiger partial charge in [-0.15, -0.1) is 0 Å². The Labute approximate surface area is 107 Å². The van der Waals surface area contributed by atoms with Gasteiger partial charge in [0.2, 0.25) is 0 Å². The van der Waals surface area contributed by atoms with Crippen molar-refractivity contribution < 1.29 is 4.79 Å². The van der Waals surface area contributed by atoms with Gasteiger partial charge in [0.1, 0.15) is 6.33 Å². The number of aromatic nitrogens is 2. The molecular weight excluding hydrogens is 226 g/mol. The number of rotatable bonds is 4. The molecule has 4 heteroatoms. The van der Waals surface area contributed by atoms with E-state index in [1.165, 1.54) is 29.3 Å². The summed E-state index contributed by atoms with van der Waals surface area (Å²) in [5.41, 5.74) is 2.10. The molecule has 2 aromatic rings. The fraction of sp³-hybridized carbons (Fsp3) is 0.286. The predicted octanol–water partition coefficient (Wildman–Crippen LogP) is 3.31. The third-order valence-corrected chi connectivity index (χ3v) is 2.76. The van der Waals surface area contributed by atoms with Gasteiger partial charge in [-0.1, -0.05) is 25.5 Å². The third-order valence-electron chi connectivity index (χ3n) is 2.76. The minimum atomic E-state index is -0.200. The Balaban J connectivity index is 1.96. The Hall–Kier alpha value is -2.10. The number of anilines is 1. The minimum Gasteiger partial charge on any atom is -0.307 e. The molecule has 0 fully saturated rings. The lowest BCUT2D eigenvalue weighted by molar-refractivity contribution is 0.253. The molecule has 0 aliphatic rings. The van der Waals surface area contributed by atoms with E-state index in [0.717, 1.165) is 12.1 Å². The third kappa shape index (κ3) is 3.20. The molecule has 0 unspecified atom stereocenters. The van der Waals surface area contributed by atoms with Crippen molar-refractivity contribution in [3.05, 3.63) is 48.5 Å². The second-order valence-electron chi connectivity index (χ2n) is 4.20. The molecule has 1 amide bonds. The summed E-state index contributed by atoms with van der Waals surface area (Å²) in [4.78, 5) is 15.6. The summed E-state index contributed by atoms with van der Waals surface area (Å²) < 4.78 is 1.41. The quantitative estimate of drug-likeness (QED) is 0.895. The molecule has 18 heavy (non-hydrogen) atoms. The molecule has 0 aliphatic heterocycles. The Morgan fingerprint density at radius 1 is 1.33 bits per heavy atom. The molecule has 0 saturated carbocycles. The maximum absolute atomic E-state index is 11.7. The Morgan fingerprint density at radius 2 is 2.11 bits per heavy atom. The average Bonchev–Trinajstić information content (AvgIpc) is 2.92. The summed E-state index contributed by atoms with van der Waals surface area (Å²) in [5.74, 6) is 0. The van der Waals surface area contributed by atoms with Crippen LogP contribution < -0.4 is 5.32 Å². The molecule has 1 N–H and O–H groups in total. The first-order valence-corrected chi connectivity index (χ1v) is 6.18. The van der Waals surface area contributed by atoms with Crippen molar-refractivity contribution in [3.8, 4) is 0 Å². The highest BCUT2D eigenvalue weighted by molar-refractivity contribution is 5.90. The zero-order chi connectivity index (χ0) is 12.8. The molecule has 4 nitrogen and oxygen atoms in total. The van der Waals surface area contributed by atoms with Gasteiger partial charge in [-0.05, 0) is 30.5 Å². The normalized spacial score (nSPS) is 10.3. The molecule has 94 valence electrons. The number of carbonyl (C=O) groups is 1. The summed E-state index contributed by atoms with van der Waals surface area (Å²) in [7, 11) is 0. The van der Waals surface area contributed by atoms with Crippen LogP contribution in [-0.4, -0.2) is 15.6 Å². The highest BCUT2D eigenvalue weighted by atomic mass is 16.2. The van der Waals surface area contributed by atoms with Crippen LogP contribution in [0.1, 0.15) is 25.3 Å². The van der Waals surface area contributed by atoms with Gasteiger partial charge in [0, 0.05) is 18.1 Å². The van der Waals surface area contributed by atoms with Crippen molar-refractivity contribution in [2.24, 2.45) is 0 Å². The van der Waals surface area contributed by atoms with Gasteiger partial charge >= 0.3 is 6.03 Å². The van der Waals surface area contributed by atoms with Gasteiger partial charge in [0.15, 0.2) is 0 Å². The van der Waals surface area contributed by atoms with Crippen LogP contribution in [0.3, 0.4) is 0 Å². The average molecular weight is 243 g/mol. The monoisotopic (exact) mass is 243 g/mol. The molecule has 0 radical (unpaired) electrons. The molecule has 0 atom stereocenters. The van der Waals surface area contributed by atoms with Gasteiger partial charge in [-0.25, -0.2) is 9.78 Å². The number of carbonyl (C=O) groups excluding carboxylic acids is 1. The number of hydrogen-bond donors (Lipinski definition) is 1. The molecule has 1 aromatic carbocycles. The summed E-state index contributed by atoms with van der Waals surface area (Å²) >= 11 is 0. The molecule has 0 bridgehead atoms. The van der Waals surface area contributed by atoms with Crippen molar-refractivity contribution in [2.45, 2.75) is 26.2 Å². The summed E-state index contributed by atoms with van der Waals surface area (Å²) in [6.45, 7) is 2.18. The first-order valence-electron chi connectivity index (χ1n) is 6.18. The second-order valence-corrected chi connectivity index (χ2v) is 4.20. The molecular formula is C14H17N3O. The van der Waals surface area contributed by atoms with Crippen LogP contribution in [0.5, 0.6) is 0 Å². The zero-order valence-electron chi connectivity index (χ0n) is 10.5. The first-order chi connectivity index (χ1) is 8.79. The fourth-order valence-electron chi connectivity index (χ4n) is 1.70. The van der Waals surface area contributed by atoms with Crippen LogP contribution in [-0.2, 0) is 6.42 Å². The van der Waals surface area contributed by atoms with E-state index in [1.807, 2.05) is 12.1 Å². The molecule has 0 saturated heterocycles.